The molecule has 4 rings (SSSR count). The smallest absolute Gasteiger partial charge is 0.416 e. The largest absolute Gasteiger partial charge is 0.486 e. The zero-order valence-corrected chi connectivity index (χ0v) is 19.5. The SMILES string of the molecule is CCn1c(COc2ccc3c(c2)CCCC3)nnc1SCC(=O)Nc1cccc(C(F)(F)F)c1. The summed E-state index contributed by atoms with van der Waals surface area (Å²) in [5.74, 6) is 0.990. The first-order valence-electron chi connectivity index (χ1n) is 11.1. The zero-order valence-electron chi connectivity index (χ0n) is 18.7. The number of benzene rings is 2. The molecule has 0 atom stereocenters. The number of nitrogens with zero attached hydrogens (tertiary/aromatic N) is 3. The Labute approximate surface area is 199 Å². The van der Waals surface area contributed by atoms with Gasteiger partial charge in [0.25, 0.3) is 0 Å². The maximum atomic E-state index is 12.9. The Balaban J connectivity index is 1.34. The van der Waals surface area contributed by atoms with Gasteiger partial charge in [-0.25, -0.2) is 0 Å². The molecule has 0 saturated carbocycles. The summed E-state index contributed by atoms with van der Waals surface area (Å²) >= 11 is 1.17. The van der Waals surface area contributed by atoms with Crippen LogP contribution in [0.4, 0.5) is 18.9 Å². The van der Waals surface area contributed by atoms with Crippen LogP contribution >= 0.6 is 11.8 Å². The number of ether oxygens (including phenoxy) is 1. The van der Waals surface area contributed by atoms with Crippen LogP contribution in [0.15, 0.2) is 47.6 Å². The molecule has 1 heterocycles. The van der Waals surface area contributed by atoms with Crippen molar-refractivity contribution in [3.8, 4) is 5.75 Å². The molecule has 1 aliphatic carbocycles. The fourth-order valence-electron chi connectivity index (χ4n) is 3.90. The van der Waals surface area contributed by atoms with Gasteiger partial charge in [0.05, 0.1) is 11.3 Å². The predicted molar refractivity (Wildman–Crippen MR) is 124 cm³/mol. The Bertz CT molecular complexity index is 1160. The predicted octanol–water partition coefficient (Wildman–Crippen LogP) is 5.51. The second-order valence-corrected chi connectivity index (χ2v) is 8.93. The lowest BCUT2D eigenvalue weighted by molar-refractivity contribution is -0.137. The van der Waals surface area contributed by atoms with Crippen molar-refractivity contribution in [2.45, 2.75) is 57.1 Å². The minimum Gasteiger partial charge on any atom is -0.486 e. The van der Waals surface area contributed by atoms with Crippen LogP contribution in [0.25, 0.3) is 0 Å². The molecule has 0 bridgehead atoms. The molecular weight excluding hydrogens is 465 g/mol. The number of fused-ring (bicyclic) bond motifs is 1. The van der Waals surface area contributed by atoms with Crippen molar-refractivity contribution in [3.63, 3.8) is 0 Å². The number of hydrogen-bond acceptors (Lipinski definition) is 5. The van der Waals surface area contributed by atoms with E-state index in [1.165, 1.54) is 47.9 Å². The van der Waals surface area contributed by atoms with Gasteiger partial charge in [-0.15, -0.1) is 10.2 Å². The van der Waals surface area contributed by atoms with Crippen molar-refractivity contribution in [2.24, 2.45) is 0 Å². The molecule has 34 heavy (non-hydrogen) atoms. The van der Waals surface area contributed by atoms with Crippen molar-refractivity contribution in [2.75, 3.05) is 11.1 Å². The highest BCUT2D eigenvalue weighted by Crippen LogP contribution is 2.31. The summed E-state index contributed by atoms with van der Waals surface area (Å²) in [6.45, 7) is 2.78. The summed E-state index contributed by atoms with van der Waals surface area (Å²) in [5, 5.41) is 11.4. The zero-order chi connectivity index (χ0) is 24.1. The average molecular weight is 491 g/mol. The highest BCUT2D eigenvalue weighted by molar-refractivity contribution is 7.99. The van der Waals surface area contributed by atoms with Gasteiger partial charge in [0, 0.05) is 12.2 Å². The quantitative estimate of drug-likeness (QED) is 0.422. The number of carbonyl (C=O) groups excluding carboxylic acids is 1. The summed E-state index contributed by atoms with van der Waals surface area (Å²) in [6, 6.07) is 10.7. The molecule has 1 aromatic heterocycles. The van der Waals surface area contributed by atoms with Gasteiger partial charge in [0.1, 0.15) is 12.4 Å². The number of alkyl halides is 3. The summed E-state index contributed by atoms with van der Waals surface area (Å²) in [4.78, 5) is 12.3. The molecule has 1 amide bonds. The van der Waals surface area contributed by atoms with Gasteiger partial charge in [0.15, 0.2) is 11.0 Å². The molecule has 2 aromatic carbocycles. The van der Waals surface area contributed by atoms with Gasteiger partial charge in [-0.3, -0.25) is 4.79 Å². The molecule has 0 saturated heterocycles. The Morgan fingerprint density at radius 3 is 2.68 bits per heavy atom. The fraction of sp³-hybridized carbons (Fsp3) is 0.375. The first-order chi connectivity index (χ1) is 16.3. The van der Waals surface area contributed by atoms with Crippen LogP contribution in [0.5, 0.6) is 5.75 Å². The van der Waals surface area contributed by atoms with Crippen LogP contribution in [0.3, 0.4) is 0 Å². The molecule has 0 radical (unpaired) electrons. The van der Waals surface area contributed by atoms with E-state index < -0.39 is 17.6 Å². The van der Waals surface area contributed by atoms with Gasteiger partial charge < -0.3 is 14.6 Å². The molecule has 0 spiro atoms. The molecule has 0 aliphatic heterocycles. The average Bonchev–Trinajstić information content (AvgIpc) is 3.22. The third kappa shape index (κ3) is 5.91. The first-order valence-corrected chi connectivity index (χ1v) is 12.1. The summed E-state index contributed by atoms with van der Waals surface area (Å²) < 4.78 is 46.4. The number of amides is 1. The minimum atomic E-state index is -4.47. The van der Waals surface area contributed by atoms with Gasteiger partial charge in [0.2, 0.25) is 5.91 Å². The molecule has 1 N–H and O–H groups in total. The van der Waals surface area contributed by atoms with Crippen LogP contribution in [0.2, 0.25) is 0 Å². The van der Waals surface area contributed by atoms with Crippen LogP contribution in [-0.2, 0) is 37.0 Å². The number of rotatable bonds is 8. The van der Waals surface area contributed by atoms with Crippen LogP contribution in [0.1, 0.15) is 42.3 Å². The highest BCUT2D eigenvalue weighted by Gasteiger charge is 2.30. The number of nitrogens with one attached hydrogen (secondary N) is 1. The minimum absolute atomic E-state index is 0.0138. The maximum absolute atomic E-state index is 12.9. The van der Waals surface area contributed by atoms with Crippen LogP contribution < -0.4 is 10.1 Å². The second kappa shape index (κ2) is 10.5. The molecule has 0 fully saturated rings. The van der Waals surface area contributed by atoms with Crippen molar-refractivity contribution in [1.29, 1.82) is 0 Å². The number of halogens is 3. The van der Waals surface area contributed by atoms with E-state index >= 15 is 0 Å². The standard InChI is InChI=1S/C24H25F3N4O2S/c1-2-31-21(14-33-20-11-10-16-6-3-4-7-17(16)12-20)29-30-23(31)34-15-22(32)28-19-9-5-8-18(13-19)24(25,26)27/h5,8-13H,2-4,6-7,14-15H2,1H3,(H,28,32). The molecule has 10 heteroatoms. The van der Waals surface area contributed by atoms with E-state index in [9.17, 15) is 18.0 Å². The van der Waals surface area contributed by atoms with Gasteiger partial charge in [-0.05, 0) is 74.1 Å². The number of aromatic nitrogens is 3. The monoisotopic (exact) mass is 490 g/mol. The van der Waals surface area contributed by atoms with E-state index in [2.05, 4.69) is 27.6 Å². The highest BCUT2D eigenvalue weighted by atomic mass is 32.2. The van der Waals surface area contributed by atoms with Crippen molar-refractivity contribution in [1.82, 2.24) is 14.8 Å². The normalized spacial score (nSPS) is 13.4. The van der Waals surface area contributed by atoms with Crippen molar-refractivity contribution in [3.05, 3.63) is 65.0 Å². The number of aryl methyl sites for hydroxylation is 2. The maximum Gasteiger partial charge on any atom is 0.416 e. The Morgan fingerprint density at radius 1 is 1.12 bits per heavy atom. The van der Waals surface area contributed by atoms with E-state index in [1.807, 2.05) is 17.6 Å². The van der Waals surface area contributed by atoms with E-state index in [-0.39, 0.29) is 18.0 Å². The van der Waals surface area contributed by atoms with Crippen LogP contribution in [0, 0.1) is 0 Å². The molecule has 3 aromatic rings. The number of hydrogen-bond donors (Lipinski definition) is 1. The Hall–Kier alpha value is -3.01. The van der Waals surface area contributed by atoms with E-state index in [0.717, 1.165) is 30.7 Å². The summed E-state index contributed by atoms with van der Waals surface area (Å²) in [6.07, 6.45) is 0.140. The van der Waals surface area contributed by atoms with Crippen molar-refractivity contribution < 1.29 is 22.7 Å². The Kier molecular flexibility index (Phi) is 7.45. The van der Waals surface area contributed by atoms with Gasteiger partial charge >= 0.3 is 6.18 Å². The molecular formula is C24H25F3N4O2S. The third-order valence-electron chi connectivity index (χ3n) is 5.60. The fourth-order valence-corrected chi connectivity index (χ4v) is 4.72. The lowest BCUT2D eigenvalue weighted by Crippen LogP contribution is -2.15. The van der Waals surface area contributed by atoms with Crippen LogP contribution in [-0.4, -0.2) is 26.4 Å². The second-order valence-electron chi connectivity index (χ2n) is 7.98. The number of thioether (sulfide) groups is 1. The lowest BCUT2D eigenvalue weighted by atomic mass is 9.92. The molecule has 6 nitrogen and oxygen atoms in total. The topological polar surface area (TPSA) is 69.0 Å². The van der Waals surface area contributed by atoms with Gasteiger partial charge in [-0.2, -0.15) is 13.2 Å². The van der Waals surface area contributed by atoms with E-state index in [0.29, 0.717) is 17.5 Å². The Morgan fingerprint density at radius 2 is 1.91 bits per heavy atom. The summed E-state index contributed by atoms with van der Waals surface area (Å²) in [5.41, 5.74) is 2.00. The number of anilines is 1. The third-order valence-corrected chi connectivity index (χ3v) is 6.57. The van der Waals surface area contributed by atoms with E-state index in [4.69, 9.17) is 4.74 Å². The van der Waals surface area contributed by atoms with E-state index in [1.54, 1.807) is 0 Å². The molecule has 0 unspecified atom stereocenters. The lowest BCUT2D eigenvalue weighted by Gasteiger charge is -2.16. The summed E-state index contributed by atoms with van der Waals surface area (Å²) in [7, 11) is 0. The molecule has 180 valence electrons. The number of carbonyl (C=O) groups is 1. The van der Waals surface area contributed by atoms with Crippen molar-refractivity contribution >= 4 is 23.4 Å². The van der Waals surface area contributed by atoms with Gasteiger partial charge in [-0.1, -0.05) is 23.9 Å². The first kappa shape index (κ1) is 24.1. The molecule has 1 aliphatic rings.